The maximum Gasteiger partial charge on any atom is 0.413 e. The fraction of sp³-hybridized carbons (Fsp3) is 0.208. The van der Waals surface area contributed by atoms with E-state index in [1.165, 1.54) is 50.2 Å². The van der Waals surface area contributed by atoms with E-state index in [2.05, 4.69) is 4.74 Å². The molecule has 1 N–H and O–H groups in total. The van der Waals surface area contributed by atoms with Crippen LogP contribution in [-0.2, 0) is 9.53 Å². The summed E-state index contributed by atoms with van der Waals surface area (Å²) in [6.45, 7) is 3.03. The highest BCUT2D eigenvalue weighted by molar-refractivity contribution is 6.36. The Bertz CT molecular complexity index is 1310. The maximum absolute atomic E-state index is 13.0. The molecule has 4 rings (SSSR count). The summed E-state index contributed by atoms with van der Waals surface area (Å²) in [7, 11) is 0. The molecule has 33 heavy (non-hydrogen) atoms. The summed E-state index contributed by atoms with van der Waals surface area (Å²) in [5.41, 5.74) is 0.471. The number of ether oxygens (including phenoxy) is 1. The Balaban J connectivity index is 1.62. The Morgan fingerprint density at radius 3 is 1.85 bits per heavy atom. The van der Waals surface area contributed by atoms with Crippen LogP contribution in [0.1, 0.15) is 71.2 Å². The molecular formula is C24H17NO8. The zero-order chi connectivity index (χ0) is 24.0. The molecule has 0 radical (unpaired) electrons. The van der Waals surface area contributed by atoms with Gasteiger partial charge in [-0.3, -0.25) is 34.1 Å². The van der Waals surface area contributed by atoms with Crippen LogP contribution in [0.2, 0.25) is 0 Å². The van der Waals surface area contributed by atoms with Crippen LogP contribution in [0.15, 0.2) is 36.4 Å². The average molecular weight is 447 g/mol. The highest BCUT2D eigenvalue weighted by Gasteiger charge is 2.44. The van der Waals surface area contributed by atoms with E-state index >= 15 is 0 Å². The summed E-state index contributed by atoms with van der Waals surface area (Å²) in [5.74, 6) is -6.48. The van der Waals surface area contributed by atoms with Gasteiger partial charge < -0.3 is 4.74 Å². The number of fused-ring (bicyclic) bond motifs is 2. The van der Waals surface area contributed by atoms with Gasteiger partial charge in [-0.05, 0) is 38.1 Å². The van der Waals surface area contributed by atoms with Gasteiger partial charge in [0.1, 0.15) is 0 Å². The molecular weight excluding hydrogens is 430 g/mol. The van der Waals surface area contributed by atoms with Crippen molar-refractivity contribution in [3.63, 3.8) is 0 Å². The number of imide groups is 1. The summed E-state index contributed by atoms with van der Waals surface area (Å²) >= 11 is 0. The van der Waals surface area contributed by atoms with Gasteiger partial charge in [0, 0.05) is 33.4 Å². The van der Waals surface area contributed by atoms with E-state index in [-0.39, 0.29) is 51.6 Å². The minimum atomic E-state index is -1.75. The molecule has 2 aliphatic rings. The van der Waals surface area contributed by atoms with Crippen LogP contribution in [0.4, 0.5) is 4.79 Å². The van der Waals surface area contributed by atoms with Crippen LogP contribution in [-0.4, -0.2) is 47.5 Å². The minimum absolute atomic E-state index is 0.00126. The molecule has 0 spiro atoms. The fourth-order valence-corrected chi connectivity index (χ4v) is 3.97. The second-order valence-electron chi connectivity index (χ2n) is 7.67. The molecule has 0 bridgehead atoms. The number of carbonyl (C=O) groups is 7. The first-order valence-corrected chi connectivity index (χ1v) is 10.1. The van der Waals surface area contributed by atoms with Crippen molar-refractivity contribution in [2.45, 2.75) is 13.8 Å². The smallest absolute Gasteiger partial charge is 0.413 e. The van der Waals surface area contributed by atoms with Gasteiger partial charge in [0.2, 0.25) is 5.91 Å². The van der Waals surface area contributed by atoms with Gasteiger partial charge in [-0.25, -0.2) is 4.79 Å². The molecule has 2 unspecified atom stereocenters. The number of hydrogen-bond acceptors (Lipinski definition) is 8. The fourth-order valence-electron chi connectivity index (χ4n) is 3.97. The lowest BCUT2D eigenvalue weighted by Gasteiger charge is -2.07. The van der Waals surface area contributed by atoms with E-state index in [0.717, 1.165) is 0 Å². The van der Waals surface area contributed by atoms with Crippen LogP contribution in [0, 0.1) is 11.8 Å². The standard InChI is InChI=1S/C24H17NO8/c1-3-33-24(32)25-23(31)17-21(29)14-7-5-12(9-16(14)22(17)30)20(28)11-4-6-13-15(8-11)19(27)10(2)18(13)26/h4-10,17H,3H2,1-2H3,(H,25,31,32). The summed E-state index contributed by atoms with van der Waals surface area (Å²) < 4.78 is 4.59. The van der Waals surface area contributed by atoms with Crippen LogP contribution in [0.5, 0.6) is 0 Å². The van der Waals surface area contributed by atoms with Gasteiger partial charge in [0.05, 0.1) is 12.5 Å². The number of rotatable bonds is 4. The van der Waals surface area contributed by atoms with Crippen molar-refractivity contribution in [2.24, 2.45) is 11.8 Å². The number of ketones is 5. The van der Waals surface area contributed by atoms with Crippen LogP contribution < -0.4 is 5.32 Å². The largest absolute Gasteiger partial charge is 0.450 e. The van der Waals surface area contributed by atoms with E-state index in [1.807, 2.05) is 5.32 Å². The Kier molecular flexibility index (Phi) is 5.33. The normalized spacial score (nSPS) is 18.7. The Morgan fingerprint density at radius 2 is 1.27 bits per heavy atom. The molecule has 0 saturated carbocycles. The molecule has 0 fully saturated rings. The quantitative estimate of drug-likeness (QED) is 0.556. The van der Waals surface area contributed by atoms with Crippen LogP contribution >= 0.6 is 0 Å². The second-order valence-corrected chi connectivity index (χ2v) is 7.67. The number of carbonyl (C=O) groups excluding carboxylic acids is 7. The molecule has 2 aromatic carbocycles. The highest BCUT2D eigenvalue weighted by atomic mass is 16.5. The Labute approximate surface area is 187 Å². The first-order chi connectivity index (χ1) is 15.6. The molecule has 0 aliphatic heterocycles. The highest BCUT2D eigenvalue weighted by Crippen LogP contribution is 2.31. The summed E-state index contributed by atoms with van der Waals surface area (Å²) in [4.78, 5) is 86.5. The van der Waals surface area contributed by atoms with Gasteiger partial charge in [0.15, 0.2) is 34.8 Å². The number of benzene rings is 2. The molecule has 9 heteroatoms. The van der Waals surface area contributed by atoms with E-state index in [4.69, 9.17) is 0 Å². The van der Waals surface area contributed by atoms with Crippen LogP contribution in [0.3, 0.4) is 0 Å². The zero-order valence-corrected chi connectivity index (χ0v) is 17.6. The lowest BCUT2D eigenvalue weighted by atomic mass is 9.96. The SMILES string of the molecule is CCOC(=O)NC(=O)C1C(=O)c2ccc(C(=O)c3ccc4c(c3)C(=O)C(C)C4=O)cc2C1=O. The van der Waals surface area contributed by atoms with E-state index in [0.29, 0.717) is 0 Å². The molecule has 0 saturated heterocycles. The van der Waals surface area contributed by atoms with Crippen molar-refractivity contribution in [1.29, 1.82) is 0 Å². The number of alkyl carbamates (subject to hydrolysis) is 1. The summed E-state index contributed by atoms with van der Waals surface area (Å²) in [6, 6.07) is 7.99. The first kappa shape index (κ1) is 21.9. The van der Waals surface area contributed by atoms with Crippen molar-refractivity contribution in [1.82, 2.24) is 5.32 Å². The molecule has 0 aromatic heterocycles. The predicted octanol–water partition coefficient (Wildman–Crippen LogP) is 2.20. The third-order valence-electron chi connectivity index (χ3n) is 5.70. The molecule has 2 aliphatic carbocycles. The molecule has 9 nitrogen and oxygen atoms in total. The number of Topliss-reactive ketones (excluding diaryl/α,β-unsaturated/α-hetero) is 4. The van der Waals surface area contributed by atoms with Gasteiger partial charge in [-0.1, -0.05) is 12.1 Å². The zero-order valence-electron chi connectivity index (χ0n) is 17.6. The topological polar surface area (TPSA) is 141 Å². The van der Waals surface area contributed by atoms with Crippen molar-refractivity contribution in [3.8, 4) is 0 Å². The second kappa shape index (κ2) is 8.01. The molecule has 2 aromatic rings. The maximum atomic E-state index is 13.0. The first-order valence-electron chi connectivity index (χ1n) is 10.1. The van der Waals surface area contributed by atoms with Crippen molar-refractivity contribution in [2.75, 3.05) is 6.61 Å². The van der Waals surface area contributed by atoms with Gasteiger partial charge in [-0.2, -0.15) is 0 Å². The van der Waals surface area contributed by atoms with Crippen molar-refractivity contribution < 1.29 is 38.3 Å². The third kappa shape index (κ3) is 3.47. The number of amides is 2. The van der Waals surface area contributed by atoms with Crippen molar-refractivity contribution >= 4 is 40.9 Å². The van der Waals surface area contributed by atoms with Gasteiger partial charge >= 0.3 is 6.09 Å². The average Bonchev–Trinajstić information content (AvgIpc) is 3.17. The minimum Gasteiger partial charge on any atom is -0.450 e. The van der Waals surface area contributed by atoms with E-state index in [9.17, 15) is 33.6 Å². The van der Waals surface area contributed by atoms with E-state index < -0.39 is 41.2 Å². The number of hydrogen-bond donors (Lipinski definition) is 1. The molecule has 2 atom stereocenters. The molecule has 0 heterocycles. The lowest BCUT2D eigenvalue weighted by molar-refractivity contribution is -0.121. The molecule has 166 valence electrons. The summed E-state index contributed by atoms with van der Waals surface area (Å²) in [6.07, 6.45) is -1.08. The Hall–Kier alpha value is -4.27. The lowest BCUT2D eigenvalue weighted by Crippen LogP contribution is -2.40. The van der Waals surface area contributed by atoms with Crippen LogP contribution in [0.25, 0.3) is 0 Å². The van der Waals surface area contributed by atoms with Gasteiger partial charge in [-0.15, -0.1) is 0 Å². The summed E-state index contributed by atoms with van der Waals surface area (Å²) in [5, 5.41) is 1.85. The molecule has 2 amide bonds. The van der Waals surface area contributed by atoms with Gasteiger partial charge in [0.25, 0.3) is 0 Å². The third-order valence-corrected chi connectivity index (χ3v) is 5.70. The Morgan fingerprint density at radius 1 is 0.788 bits per heavy atom. The van der Waals surface area contributed by atoms with E-state index in [1.54, 1.807) is 0 Å². The van der Waals surface area contributed by atoms with Crippen molar-refractivity contribution in [3.05, 3.63) is 69.8 Å². The monoisotopic (exact) mass is 447 g/mol. The number of nitrogens with one attached hydrogen (secondary N) is 1. The predicted molar refractivity (Wildman–Crippen MR) is 111 cm³/mol.